The lowest BCUT2D eigenvalue weighted by molar-refractivity contribution is -0.133. The van der Waals surface area contributed by atoms with Crippen LogP contribution in [-0.2, 0) is 17.8 Å². The highest BCUT2D eigenvalue weighted by atomic mass is 16.5. The van der Waals surface area contributed by atoms with Gasteiger partial charge in [0.15, 0.2) is 0 Å². The van der Waals surface area contributed by atoms with Gasteiger partial charge >= 0.3 is 0 Å². The van der Waals surface area contributed by atoms with Crippen molar-refractivity contribution in [1.29, 1.82) is 0 Å². The van der Waals surface area contributed by atoms with Gasteiger partial charge in [-0.1, -0.05) is 12.1 Å². The number of likely N-dealkylation sites (tertiary alicyclic amines) is 1. The van der Waals surface area contributed by atoms with E-state index < -0.39 is 0 Å². The van der Waals surface area contributed by atoms with Crippen LogP contribution in [0.2, 0.25) is 0 Å². The second kappa shape index (κ2) is 12.6. The summed E-state index contributed by atoms with van der Waals surface area (Å²) in [6, 6.07) is 12.3. The molecule has 1 amide bonds. The van der Waals surface area contributed by atoms with Gasteiger partial charge in [-0.2, -0.15) is 0 Å². The van der Waals surface area contributed by atoms with E-state index in [1.807, 2.05) is 30.1 Å². The molecule has 1 fully saturated rings. The van der Waals surface area contributed by atoms with Crippen LogP contribution in [0.5, 0.6) is 5.75 Å². The van der Waals surface area contributed by atoms with Crippen molar-refractivity contribution in [3.63, 3.8) is 0 Å². The molecule has 0 radical (unpaired) electrons. The number of aromatic nitrogens is 1. The Kier molecular flexibility index (Phi) is 9.50. The van der Waals surface area contributed by atoms with Crippen molar-refractivity contribution in [3.8, 4) is 5.75 Å². The van der Waals surface area contributed by atoms with Gasteiger partial charge in [-0.25, -0.2) is 0 Å². The summed E-state index contributed by atoms with van der Waals surface area (Å²) in [6.45, 7) is 8.18. The first kappa shape index (κ1) is 24.2. The third kappa shape index (κ3) is 7.61. The molecule has 6 heteroatoms. The van der Waals surface area contributed by atoms with Crippen molar-refractivity contribution in [1.82, 2.24) is 19.7 Å². The fourth-order valence-electron chi connectivity index (χ4n) is 4.52. The standard InChI is InChI=1S/C26H38N4O2/c1-4-30(26(31)21-28(2)18-23-10-13-27-14-11-23)20-24-8-6-15-29(19-24)16-12-22-7-5-9-25(17-22)32-3/h5,7,9-11,13-14,17,24H,4,6,8,12,15-16,18-21H2,1-3H3/t24-/m0/s1. The van der Waals surface area contributed by atoms with Gasteiger partial charge in [0, 0.05) is 45.1 Å². The maximum atomic E-state index is 12.9. The van der Waals surface area contributed by atoms with Crippen LogP contribution in [-0.4, -0.2) is 79.0 Å². The zero-order valence-electron chi connectivity index (χ0n) is 19.9. The minimum atomic E-state index is 0.220. The summed E-state index contributed by atoms with van der Waals surface area (Å²) in [5.41, 5.74) is 2.49. The maximum Gasteiger partial charge on any atom is 0.236 e. The predicted molar refractivity (Wildman–Crippen MR) is 129 cm³/mol. The molecule has 0 N–H and O–H groups in total. The molecule has 1 aliphatic rings. The first-order chi connectivity index (χ1) is 15.6. The van der Waals surface area contributed by atoms with Crippen LogP contribution in [0, 0.1) is 5.92 Å². The summed E-state index contributed by atoms with van der Waals surface area (Å²) in [4.78, 5) is 23.7. The SMILES string of the molecule is CCN(C[C@H]1CCCN(CCc2cccc(OC)c2)C1)C(=O)CN(C)Cc1ccncc1. The fraction of sp³-hybridized carbons (Fsp3) is 0.538. The molecular formula is C26H38N4O2. The predicted octanol–water partition coefficient (Wildman–Crippen LogP) is 3.33. The molecule has 1 aromatic heterocycles. The molecule has 1 atom stereocenters. The van der Waals surface area contributed by atoms with Crippen molar-refractivity contribution in [2.75, 3.05) is 53.4 Å². The van der Waals surface area contributed by atoms with E-state index in [9.17, 15) is 4.79 Å². The molecule has 1 aliphatic heterocycles. The quantitative estimate of drug-likeness (QED) is 0.539. The van der Waals surface area contributed by atoms with E-state index in [0.29, 0.717) is 12.5 Å². The van der Waals surface area contributed by atoms with E-state index in [4.69, 9.17) is 4.74 Å². The Morgan fingerprint density at radius 2 is 2.03 bits per heavy atom. The second-order valence-corrected chi connectivity index (χ2v) is 8.87. The highest BCUT2D eigenvalue weighted by Crippen LogP contribution is 2.19. The Labute approximate surface area is 193 Å². The van der Waals surface area contributed by atoms with Gasteiger partial charge < -0.3 is 14.5 Å². The summed E-state index contributed by atoms with van der Waals surface area (Å²) in [5.74, 6) is 1.69. The molecule has 0 saturated carbocycles. The average Bonchev–Trinajstić information content (AvgIpc) is 2.82. The third-order valence-corrected chi connectivity index (χ3v) is 6.27. The molecule has 2 aromatic rings. The van der Waals surface area contributed by atoms with Crippen molar-refractivity contribution < 1.29 is 9.53 Å². The number of benzene rings is 1. The number of ether oxygens (including phenoxy) is 1. The highest BCUT2D eigenvalue weighted by molar-refractivity contribution is 5.78. The van der Waals surface area contributed by atoms with Crippen LogP contribution in [0.25, 0.3) is 0 Å². The number of nitrogens with zero attached hydrogens (tertiary/aromatic N) is 4. The number of hydrogen-bond acceptors (Lipinski definition) is 5. The number of methoxy groups -OCH3 is 1. The smallest absolute Gasteiger partial charge is 0.236 e. The van der Waals surface area contributed by atoms with Crippen molar-refractivity contribution >= 4 is 5.91 Å². The Balaban J connectivity index is 1.45. The molecule has 174 valence electrons. The van der Waals surface area contributed by atoms with E-state index in [0.717, 1.165) is 51.4 Å². The summed E-state index contributed by atoms with van der Waals surface area (Å²) in [5, 5.41) is 0. The molecule has 0 spiro atoms. The molecule has 0 aliphatic carbocycles. The number of likely N-dealkylation sites (N-methyl/N-ethyl adjacent to an activating group) is 2. The van der Waals surface area contributed by atoms with Crippen LogP contribution < -0.4 is 4.74 Å². The van der Waals surface area contributed by atoms with Crippen LogP contribution >= 0.6 is 0 Å². The number of carbonyl (C=O) groups excluding carboxylic acids is 1. The molecule has 3 rings (SSSR count). The lowest BCUT2D eigenvalue weighted by Crippen LogP contribution is -2.45. The molecule has 0 bridgehead atoms. The molecule has 2 heterocycles. The third-order valence-electron chi connectivity index (χ3n) is 6.27. The van der Waals surface area contributed by atoms with Crippen molar-refractivity contribution in [3.05, 3.63) is 59.9 Å². The van der Waals surface area contributed by atoms with Crippen LogP contribution in [0.1, 0.15) is 30.9 Å². The van der Waals surface area contributed by atoms with E-state index in [1.165, 1.54) is 24.0 Å². The zero-order chi connectivity index (χ0) is 22.8. The number of pyridine rings is 1. The summed E-state index contributed by atoms with van der Waals surface area (Å²) in [6.07, 6.45) is 7.03. The Bertz CT molecular complexity index is 830. The Morgan fingerprint density at radius 1 is 1.22 bits per heavy atom. The van der Waals surface area contributed by atoms with Gasteiger partial charge in [-0.05, 0) is 81.1 Å². The van der Waals surface area contributed by atoms with Crippen LogP contribution in [0.4, 0.5) is 0 Å². The highest BCUT2D eigenvalue weighted by Gasteiger charge is 2.24. The lowest BCUT2D eigenvalue weighted by Gasteiger charge is -2.36. The number of hydrogen-bond donors (Lipinski definition) is 0. The molecule has 6 nitrogen and oxygen atoms in total. The first-order valence-electron chi connectivity index (χ1n) is 11.8. The van der Waals surface area contributed by atoms with E-state index in [2.05, 4.69) is 39.9 Å². The van der Waals surface area contributed by atoms with Crippen LogP contribution in [0.3, 0.4) is 0 Å². The van der Waals surface area contributed by atoms with Gasteiger partial charge in [0.2, 0.25) is 5.91 Å². The number of carbonyl (C=O) groups is 1. The minimum absolute atomic E-state index is 0.220. The Hall–Kier alpha value is -2.44. The normalized spacial score (nSPS) is 16.8. The largest absolute Gasteiger partial charge is 0.497 e. The first-order valence-corrected chi connectivity index (χ1v) is 11.8. The van der Waals surface area contributed by atoms with Gasteiger partial charge in [-0.3, -0.25) is 14.7 Å². The van der Waals surface area contributed by atoms with Crippen molar-refractivity contribution in [2.24, 2.45) is 5.92 Å². The van der Waals surface area contributed by atoms with Crippen LogP contribution in [0.15, 0.2) is 48.8 Å². The van der Waals surface area contributed by atoms with Crippen molar-refractivity contribution in [2.45, 2.75) is 32.7 Å². The Morgan fingerprint density at radius 3 is 2.78 bits per heavy atom. The molecular weight excluding hydrogens is 400 g/mol. The molecule has 32 heavy (non-hydrogen) atoms. The van der Waals surface area contributed by atoms with Gasteiger partial charge in [-0.15, -0.1) is 0 Å². The molecule has 0 unspecified atom stereocenters. The molecule has 1 aromatic carbocycles. The lowest BCUT2D eigenvalue weighted by atomic mass is 9.96. The van der Waals surface area contributed by atoms with E-state index in [1.54, 1.807) is 19.5 Å². The average molecular weight is 439 g/mol. The topological polar surface area (TPSA) is 48.9 Å². The maximum absolute atomic E-state index is 12.9. The molecule has 1 saturated heterocycles. The van der Waals surface area contributed by atoms with E-state index >= 15 is 0 Å². The van der Waals surface area contributed by atoms with Gasteiger partial charge in [0.05, 0.1) is 13.7 Å². The second-order valence-electron chi connectivity index (χ2n) is 8.87. The summed E-state index contributed by atoms with van der Waals surface area (Å²) in [7, 11) is 3.72. The van der Waals surface area contributed by atoms with Gasteiger partial charge in [0.25, 0.3) is 0 Å². The zero-order valence-corrected chi connectivity index (χ0v) is 19.9. The number of piperidine rings is 1. The number of rotatable bonds is 11. The summed E-state index contributed by atoms with van der Waals surface area (Å²) >= 11 is 0. The monoisotopic (exact) mass is 438 g/mol. The summed E-state index contributed by atoms with van der Waals surface area (Å²) < 4.78 is 5.35. The van der Waals surface area contributed by atoms with E-state index in [-0.39, 0.29) is 5.91 Å². The van der Waals surface area contributed by atoms with Gasteiger partial charge in [0.1, 0.15) is 5.75 Å². The number of amides is 1. The minimum Gasteiger partial charge on any atom is -0.497 e. The fourth-order valence-corrected chi connectivity index (χ4v) is 4.52.